The third kappa shape index (κ3) is 1.74. The largest absolute Gasteiger partial charge is 0.465 e. The van der Waals surface area contributed by atoms with Gasteiger partial charge >= 0.3 is 5.97 Å². The van der Waals surface area contributed by atoms with Gasteiger partial charge in [-0.25, -0.2) is 4.79 Å². The van der Waals surface area contributed by atoms with Gasteiger partial charge in [-0.2, -0.15) is 0 Å². The van der Waals surface area contributed by atoms with Crippen molar-refractivity contribution < 1.29 is 9.53 Å². The minimum absolute atomic E-state index is 0.139. The molecule has 0 amide bonds. The van der Waals surface area contributed by atoms with Crippen molar-refractivity contribution >= 4 is 32.8 Å². The lowest BCUT2D eigenvalue weighted by molar-refractivity contribution is 0.0602. The van der Waals surface area contributed by atoms with Gasteiger partial charge in [0, 0.05) is 22.1 Å². The molecule has 0 radical (unpaired) electrons. The first-order valence-corrected chi connectivity index (χ1v) is 5.32. The highest BCUT2D eigenvalue weighted by Gasteiger charge is 2.13. The van der Waals surface area contributed by atoms with Crippen LogP contribution in [0.2, 0.25) is 0 Å². The monoisotopic (exact) mass is 281 g/mol. The van der Waals surface area contributed by atoms with Gasteiger partial charge in [-0.3, -0.25) is 4.79 Å². The van der Waals surface area contributed by atoms with E-state index in [0.717, 1.165) is 0 Å². The number of aromatic amines is 1. The Morgan fingerprint density at radius 3 is 2.88 bits per heavy atom. The molecule has 1 aromatic heterocycles. The molecule has 0 saturated heterocycles. The van der Waals surface area contributed by atoms with Gasteiger partial charge < -0.3 is 9.72 Å². The third-order valence-electron chi connectivity index (χ3n) is 2.24. The summed E-state index contributed by atoms with van der Waals surface area (Å²) in [5.74, 6) is -0.479. The molecule has 0 aliphatic carbocycles. The van der Waals surface area contributed by atoms with Crippen molar-refractivity contribution in [3.63, 3.8) is 0 Å². The molecule has 0 aliphatic rings. The Morgan fingerprint density at radius 2 is 2.19 bits per heavy atom. The molecule has 4 nitrogen and oxygen atoms in total. The zero-order valence-electron chi connectivity index (χ0n) is 8.41. The number of nitrogens with one attached hydrogen (secondary N) is 1. The summed E-state index contributed by atoms with van der Waals surface area (Å²) in [7, 11) is 1.30. The van der Waals surface area contributed by atoms with Gasteiger partial charge in [0.05, 0.1) is 18.2 Å². The highest BCUT2D eigenvalue weighted by Crippen LogP contribution is 2.21. The Hall–Kier alpha value is -1.62. The Bertz CT molecular complexity index is 618. The highest BCUT2D eigenvalue weighted by molar-refractivity contribution is 9.10. The summed E-state index contributed by atoms with van der Waals surface area (Å²) < 4.78 is 5.32. The average molecular weight is 282 g/mol. The number of methoxy groups -OCH3 is 1. The lowest BCUT2D eigenvalue weighted by atomic mass is 10.1. The van der Waals surface area contributed by atoms with E-state index in [9.17, 15) is 9.59 Å². The molecule has 1 heterocycles. The lowest BCUT2D eigenvalue weighted by Crippen LogP contribution is -2.07. The van der Waals surface area contributed by atoms with E-state index in [2.05, 4.69) is 25.7 Å². The van der Waals surface area contributed by atoms with Gasteiger partial charge in [0.25, 0.3) is 0 Å². The minimum Gasteiger partial charge on any atom is -0.465 e. The zero-order valence-corrected chi connectivity index (χ0v) is 10.00. The van der Waals surface area contributed by atoms with Gasteiger partial charge in [-0.05, 0) is 12.1 Å². The summed E-state index contributed by atoms with van der Waals surface area (Å²) >= 11 is 3.25. The molecule has 2 rings (SSSR count). The van der Waals surface area contributed by atoms with Crippen LogP contribution in [0, 0.1) is 0 Å². The first kappa shape index (κ1) is 10.9. The second-order valence-corrected chi connectivity index (χ2v) is 4.13. The summed E-state index contributed by atoms with van der Waals surface area (Å²) in [6.45, 7) is 0. The molecule has 16 heavy (non-hydrogen) atoms. The second-order valence-electron chi connectivity index (χ2n) is 3.21. The van der Waals surface area contributed by atoms with Crippen LogP contribution in [0.3, 0.4) is 0 Å². The van der Waals surface area contributed by atoms with E-state index in [1.54, 1.807) is 12.1 Å². The SMILES string of the molecule is COC(=O)c1cc(Br)cc2c(=O)cc[nH]c12. The number of esters is 1. The van der Waals surface area contributed by atoms with E-state index in [4.69, 9.17) is 0 Å². The summed E-state index contributed by atoms with van der Waals surface area (Å²) in [5.41, 5.74) is 0.687. The minimum atomic E-state index is -0.479. The standard InChI is InChI=1S/C11H8BrNO3/c1-16-11(15)8-5-6(12)4-7-9(14)2-3-13-10(7)8/h2-5H,1H3,(H,13,14). The van der Waals surface area contributed by atoms with Crippen molar-refractivity contribution in [2.24, 2.45) is 0 Å². The van der Waals surface area contributed by atoms with Crippen molar-refractivity contribution in [1.82, 2.24) is 4.98 Å². The summed E-state index contributed by atoms with van der Waals surface area (Å²) in [6.07, 6.45) is 1.50. The van der Waals surface area contributed by atoms with Crippen molar-refractivity contribution in [3.8, 4) is 0 Å². The molecule has 0 atom stereocenters. The number of fused-ring (bicyclic) bond motifs is 1. The molecule has 0 fully saturated rings. The van der Waals surface area contributed by atoms with Crippen molar-refractivity contribution in [2.75, 3.05) is 7.11 Å². The van der Waals surface area contributed by atoms with E-state index in [1.807, 2.05) is 0 Å². The fourth-order valence-corrected chi connectivity index (χ4v) is 1.98. The first-order chi connectivity index (χ1) is 7.63. The number of hydrogen-bond acceptors (Lipinski definition) is 3. The predicted molar refractivity (Wildman–Crippen MR) is 63.6 cm³/mol. The molecule has 5 heteroatoms. The van der Waals surface area contributed by atoms with Gasteiger partial charge in [-0.15, -0.1) is 0 Å². The molecule has 0 aliphatic heterocycles. The Balaban J connectivity index is 2.88. The molecular formula is C11H8BrNO3. The number of H-pyrrole nitrogens is 1. The quantitative estimate of drug-likeness (QED) is 0.815. The number of carbonyl (C=O) groups is 1. The van der Waals surface area contributed by atoms with E-state index in [-0.39, 0.29) is 5.43 Å². The fraction of sp³-hybridized carbons (Fsp3) is 0.0909. The van der Waals surface area contributed by atoms with Gasteiger partial charge in [-0.1, -0.05) is 15.9 Å². The molecular weight excluding hydrogens is 274 g/mol. The maximum absolute atomic E-state index is 11.6. The molecule has 1 N–H and O–H groups in total. The van der Waals surface area contributed by atoms with E-state index in [0.29, 0.717) is 20.9 Å². The van der Waals surface area contributed by atoms with Crippen LogP contribution in [-0.4, -0.2) is 18.1 Å². The normalized spacial score (nSPS) is 10.4. The van der Waals surface area contributed by atoms with Gasteiger partial charge in [0.15, 0.2) is 5.43 Å². The van der Waals surface area contributed by atoms with E-state index in [1.165, 1.54) is 19.4 Å². The molecule has 82 valence electrons. The van der Waals surface area contributed by atoms with Crippen LogP contribution in [0.5, 0.6) is 0 Å². The number of hydrogen-bond donors (Lipinski definition) is 1. The Kier molecular flexibility index (Phi) is 2.78. The highest BCUT2D eigenvalue weighted by atomic mass is 79.9. The number of pyridine rings is 1. The van der Waals surface area contributed by atoms with E-state index < -0.39 is 5.97 Å². The fourth-order valence-electron chi connectivity index (χ4n) is 1.52. The molecule has 0 bridgehead atoms. The maximum Gasteiger partial charge on any atom is 0.340 e. The van der Waals surface area contributed by atoms with Crippen LogP contribution in [0.25, 0.3) is 10.9 Å². The van der Waals surface area contributed by atoms with Crippen LogP contribution >= 0.6 is 15.9 Å². The summed E-state index contributed by atoms with van der Waals surface area (Å²) in [6, 6.07) is 4.69. The van der Waals surface area contributed by atoms with E-state index >= 15 is 0 Å². The van der Waals surface area contributed by atoms with Crippen LogP contribution in [-0.2, 0) is 4.74 Å². The molecule has 1 aromatic carbocycles. The van der Waals surface area contributed by atoms with Crippen molar-refractivity contribution in [3.05, 3.63) is 44.7 Å². The smallest absolute Gasteiger partial charge is 0.340 e. The topological polar surface area (TPSA) is 59.2 Å². The number of aromatic nitrogens is 1. The number of benzene rings is 1. The first-order valence-electron chi connectivity index (χ1n) is 4.52. The average Bonchev–Trinajstić information content (AvgIpc) is 2.28. The molecule has 0 saturated carbocycles. The molecule has 0 unspecified atom stereocenters. The van der Waals surface area contributed by atoms with Crippen molar-refractivity contribution in [2.45, 2.75) is 0 Å². The third-order valence-corrected chi connectivity index (χ3v) is 2.69. The number of halogens is 1. The maximum atomic E-state index is 11.6. The number of rotatable bonds is 1. The van der Waals surface area contributed by atoms with Crippen LogP contribution in [0.1, 0.15) is 10.4 Å². The Labute approximate surface area is 99.4 Å². The van der Waals surface area contributed by atoms with Crippen molar-refractivity contribution in [1.29, 1.82) is 0 Å². The second kappa shape index (κ2) is 4.09. The summed E-state index contributed by atoms with van der Waals surface area (Å²) in [5, 5.41) is 0.456. The number of carbonyl (C=O) groups excluding carboxylic acids is 1. The predicted octanol–water partition coefficient (Wildman–Crippen LogP) is 2.08. The molecule has 2 aromatic rings. The Morgan fingerprint density at radius 1 is 1.44 bits per heavy atom. The zero-order chi connectivity index (χ0) is 11.7. The van der Waals surface area contributed by atoms with Crippen LogP contribution in [0.4, 0.5) is 0 Å². The van der Waals surface area contributed by atoms with Gasteiger partial charge in [0.1, 0.15) is 0 Å². The van der Waals surface area contributed by atoms with Crippen LogP contribution < -0.4 is 5.43 Å². The van der Waals surface area contributed by atoms with Gasteiger partial charge in [0.2, 0.25) is 0 Å². The summed E-state index contributed by atoms with van der Waals surface area (Å²) in [4.78, 5) is 26.0. The molecule has 0 spiro atoms. The number of ether oxygens (including phenoxy) is 1. The van der Waals surface area contributed by atoms with Crippen LogP contribution in [0.15, 0.2) is 33.7 Å². The lowest BCUT2D eigenvalue weighted by Gasteiger charge is -2.05.